The number of carbonyl (C=O) groups is 3. The van der Waals surface area contributed by atoms with Gasteiger partial charge in [-0.25, -0.2) is 4.79 Å². The molecule has 1 aliphatic heterocycles. The van der Waals surface area contributed by atoms with Gasteiger partial charge in [0.05, 0.1) is 6.54 Å². The van der Waals surface area contributed by atoms with Crippen LogP contribution in [0.2, 0.25) is 5.02 Å². The zero-order chi connectivity index (χ0) is 24.0. The lowest BCUT2D eigenvalue weighted by atomic mass is 10.0. The summed E-state index contributed by atoms with van der Waals surface area (Å²) in [7, 11) is 0. The molecule has 1 saturated heterocycles. The van der Waals surface area contributed by atoms with E-state index in [9.17, 15) is 14.4 Å². The molecule has 2 aromatic carbocycles. The van der Waals surface area contributed by atoms with Gasteiger partial charge in [-0.1, -0.05) is 35.9 Å². The SMILES string of the molecule is Cc1cc(C(=O)CN2C(=O)NC(Cc3c[nH]c4ccccc34)C2=O)c(C)n1-c1cccc(Cl)c1. The molecule has 1 unspecified atom stereocenters. The molecular weight excluding hydrogens is 452 g/mol. The summed E-state index contributed by atoms with van der Waals surface area (Å²) in [6.45, 7) is 3.43. The summed E-state index contributed by atoms with van der Waals surface area (Å²) in [4.78, 5) is 43.0. The largest absolute Gasteiger partial charge is 0.361 e. The second-order valence-corrected chi connectivity index (χ2v) is 8.95. The fourth-order valence-corrected chi connectivity index (χ4v) is 4.86. The number of Topliss-reactive ketones (excluding diaryl/α,β-unsaturated/α-hetero) is 1. The minimum atomic E-state index is -0.710. The molecule has 1 aliphatic rings. The number of nitrogens with zero attached hydrogens (tertiary/aromatic N) is 2. The highest BCUT2D eigenvalue weighted by Gasteiger charge is 2.39. The van der Waals surface area contributed by atoms with Crippen LogP contribution >= 0.6 is 11.6 Å². The highest BCUT2D eigenvalue weighted by atomic mass is 35.5. The standard InChI is InChI=1S/C26H23ClN4O3/c1-15-10-21(16(2)31(15)19-7-5-6-18(27)12-19)24(32)14-30-25(33)23(29-26(30)34)11-17-13-28-22-9-4-3-8-20(17)22/h3-10,12-13,23,28H,11,14H2,1-2H3,(H,29,34). The van der Waals surface area contributed by atoms with Crippen LogP contribution in [0.4, 0.5) is 4.79 Å². The van der Waals surface area contributed by atoms with Gasteiger partial charge in [-0.2, -0.15) is 0 Å². The molecule has 5 rings (SSSR count). The smallest absolute Gasteiger partial charge is 0.325 e. The van der Waals surface area contributed by atoms with Gasteiger partial charge in [-0.05, 0) is 49.7 Å². The van der Waals surface area contributed by atoms with Crippen LogP contribution in [0.1, 0.15) is 27.3 Å². The fourth-order valence-electron chi connectivity index (χ4n) is 4.67. The maximum absolute atomic E-state index is 13.2. The number of ketones is 1. The number of benzene rings is 2. The Bertz CT molecular complexity index is 1450. The summed E-state index contributed by atoms with van der Waals surface area (Å²) < 4.78 is 1.94. The van der Waals surface area contributed by atoms with Crippen molar-refractivity contribution in [3.05, 3.63) is 88.3 Å². The highest BCUT2D eigenvalue weighted by molar-refractivity contribution is 6.30. The van der Waals surface area contributed by atoms with Crippen LogP contribution in [0.5, 0.6) is 0 Å². The van der Waals surface area contributed by atoms with Crippen molar-refractivity contribution in [2.24, 2.45) is 0 Å². The van der Waals surface area contributed by atoms with Crippen molar-refractivity contribution in [3.8, 4) is 5.69 Å². The van der Waals surface area contributed by atoms with E-state index in [4.69, 9.17) is 11.6 Å². The Morgan fingerprint density at radius 2 is 1.85 bits per heavy atom. The van der Waals surface area contributed by atoms with Crippen LogP contribution in [0.15, 0.2) is 60.8 Å². The number of nitrogens with one attached hydrogen (secondary N) is 2. The van der Waals surface area contributed by atoms with Gasteiger partial charge in [0.15, 0.2) is 5.78 Å². The number of imide groups is 1. The second-order valence-electron chi connectivity index (χ2n) is 8.51. The number of rotatable bonds is 6. The predicted octanol–water partition coefficient (Wildman–Crippen LogP) is 4.57. The number of aryl methyl sites for hydroxylation is 1. The first-order valence-corrected chi connectivity index (χ1v) is 11.4. The Morgan fingerprint density at radius 1 is 1.06 bits per heavy atom. The fraction of sp³-hybridized carbons (Fsp3) is 0.192. The van der Waals surface area contributed by atoms with Crippen molar-refractivity contribution in [1.29, 1.82) is 0 Å². The Hall–Kier alpha value is -3.84. The first kappa shape index (κ1) is 22.0. The lowest BCUT2D eigenvalue weighted by Crippen LogP contribution is -2.36. The third-order valence-corrected chi connectivity index (χ3v) is 6.54. The number of hydrogen-bond donors (Lipinski definition) is 2. The maximum Gasteiger partial charge on any atom is 0.325 e. The lowest BCUT2D eigenvalue weighted by molar-refractivity contribution is -0.127. The number of para-hydroxylation sites is 1. The molecule has 1 atom stereocenters. The molecule has 172 valence electrons. The van der Waals surface area contributed by atoms with Gasteiger partial charge in [0, 0.05) is 51.2 Å². The Morgan fingerprint density at radius 3 is 2.65 bits per heavy atom. The van der Waals surface area contributed by atoms with Crippen LogP contribution in [-0.2, 0) is 11.2 Å². The molecule has 0 bridgehead atoms. The molecule has 8 heteroatoms. The van der Waals surface area contributed by atoms with Crippen molar-refractivity contribution in [2.45, 2.75) is 26.3 Å². The molecule has 1 fully saturated rings. The zero-order valence-electron chi connectivity index (χ0n) is 18.8. The number of amides is 3. The normalized spacial score (nSPS) is 15.9. The van der Waals surface area contributed by atoms with Crippen molar-refractivity contribution in [1.82, 2.24) is 19.8 Å². The molecule has 34 heavy (non-hydrogen) atoms. The van der Waals surface area contributed by atoms with Crippen LogP contribution in [0.3, 0.4) is 0 Å². The second kappa shape index (κ2) is 8.50. The topological polar surface area (TPSA) is 87.2 Å². The number of aromatic amines is 1. The summed E-state index contributed by atoms with van der Waals surface area (Å²) in [6, 6.07) is 15.7. The Kier molecular flexibility index (Phi) is 5.49. The van der Waals surface area contributed by atoms with Crippen molar-refractivity contribution in [3.63, 3.8) is 0 Å². The molecule has 3 amide bonds. The Labute approximate surface area is 201 Å². The van der Waals surface area contributed by atoms with E-state index in [1.165, 1.54) is 0 Å². The summed E-state index contributed by atoms with van der Waals surface area (Å²) in [5, 5.41) is 4.33. The predicted molar refractivity (Wildman–Crippen MR) is 131 cm³/mol. The molecule has 2 N–H and O–H groups in total. The number of H-pyrrole nitrogens is 1. The van der Waals surface area contributed by atoms with Gasteiger partial charge in [0.1, 0.15) is 6.04 Å². The molecular formula is C26H23ClN4O3. The molecule has 0 aliphatic carbocycles. The van der Waals surface area contributed by atoms with Crippen molar-refractivity contribution < 1.29 is 14.4 Å². The van der Waals surface area contributed by atoms with Gasteiger partial charge in [-0.15, -0.1) is 0 Å². The van der Waals surface area contributed by atoms with E-state index >= 15 is 0 Å². The van der Waals surface area contributed by atoms with E-state index in [-0.39, 0.29) is 12.3 Å². The molecule has 0 spiro atoms. The average Bonchev–Trinajstić information content (AvgIpc) is 3.44. The third kappa shape index (κ3) is 3.78. The third-order valence-electron chi connectivity index (χ3n) is 6.31. The summed E-state index contributed by atoms with van der Waals surface area (Å²) in [5.74, 6) is -0.690. The number of aromatic nitrogens is 2. The van der Waals surface area contributed by atoms with Gasteiger partial charge in [0.2, 0.25) is 0 Å². The van der Waals surface area contributed by atoms with E-state index in [1.807, 2.05) is 67.1 Å². The number of fused-ring (bicyclic) bond motifs is 1. The van der Waals surface area contributed by atoms with Crippen LogP contribution in [0.25, 0.3) is 16.6 Å². The van der Waals surface area contributed by atoms with Crippen LogP contribution in [-0.4, -0.2) is 44.8 Å². The monoisotopic (exact) mass is 474 g/mol. The first-order valence-electron chi connectivity index (χ1n) is 11.0. The lowest BCUT2D eigenvalue weighted by Gasteiger charge is -2.13. The number of carbonyl (C=O) groups excluding carboxylic acids is 3. The zero-order valence-corrected chi connectivity index (χ0v) is 19.5. The van der Waals surface area contributed by atoms with Gasteiger partial charge in [0.25, 0.3) is 5.91 Å². The number of hydrogen-bond acceptors (Lipinski definition) is 3. The van der Waals surface area contributed by atoms with E-state index in [1.54, 1.807) is 12.1 Å². The van der Waals surface area contributed by atoms with E-state index < -0.39 is 18.0 Å². The van der Waals surface area contributed by atoms with Gasteiger partial charge < -0.3 is 14.9 Å². The highest BCUT2D eigenvalue weighted by Crippen LogP contribution is 2.25. The van der Waals surface area contributed by atoms with Crippen molar-refractivity contribution in [2.75, 3.05) is 6.54 Å². The van der Waals surface area contributed by atoms with E-state index in [0.29, 0.717) is 17.0 Å². The minimum absolute atomic E-state index is 0.294. The summed E-state index contributed by atoms with van der Waals surface area (Å²) >= 11 is 6.14. The number of urea groups is 1. The van der Waals surface area contributed by atoms with E-state index in [2.05, 4.69) is 10.3 Å². The molecule has 0 radical (unpaired) electrons. The van der Waals surface area contributed by atoms with Gasteiger partial charge in [-0.3, -0.25) is 14.5 Å². The Balaban J connectivity index is 1.34. The van der Waals surface area contributed by atoms with Crippen LogP contribution in [0, 0.1) is 13.8 Å². The summed E-state index contributed by atoms with van der Waals surface area (Å²) in [5.41, 5.74) is 4.81. The van der Waals surface area contributed by atoms with Crippen LogP contribution < -0.4 is 5.32 Å². The minimum Gasteiger partial charge on any atom is -0.361 e. The van der Waals surface area contributed by atoms with E-state index in [0.717, 1.165) is 38.4 Å². The molecule has 4 aromatic rings. The molecule has 7 nitrogen and oxygen atoms in total. The quantitative estimate of drug-likeness (QED) is 0.317. The first-order chi connectivity index (χ1) is 16.3. The van der Waals surface area contributed by atoms with Crippen molar-refractivity contribution >= 4 is 40.2 Å². The van der Waals surface area contributed by atoms with Gasteiger partial charge >= 0.3 is 6.03 Å². The molecule has 0 saturated carbocycles. The summed E-state index contributed by atoms with van der Waals surface area (Å²) in [6.07, 6.45) is 2.20. The molecule has 2 aromatic heterocycles. The molecule has 3 heterocycles. The number of halogens is 1. The average molecular weight is 475 g/mol. The maximum atomic E-state index is 13.2.